The average molecular weight is 701 g/mol. The minimum Gasteiger partial charge on any atom is -0.459 e. The normalized spacial score (nSPS) is 29.6. The Balaban J connectivity index is 1.34. The van der Waals surface area contributed by atoms with Crippen LogP contribution in [0.2, 0.25) is 0 Å². The number of oxazole rings is 1. The second-order valence-electron chi connectivity index (χ2n) is 14.0. The summed E-state index contributed by atoms with van der Waals surface area (Å²) in [5.74, 6) is 0.537. The summed E-state index contributed by atoms with van der Waals surface area (Å²) in [5, 5.41) is 2.54. The highest BCUT2D eigenvalue weighted by Crippen LogP contribution is 2.34. The SMILES string of the molecule is COC(=O)NC/C=C\c1nc(CC/C=C\C(=O)OC2CC3CC(=O)O[C@H](/C=C/CC(C)C)C[C@H]4CCC(C)C(C[C@H](OC)CC(C2)O3)O4)co1. The van der Waals surface area contributed by atoms with Gasteiger partial charge in [-0.25, -0.2) is 14.6 Å². The Morgan fingerprint density at radius 1 is 1.00 bits per heavy atom. The van der Waals surface area contributed by atoms with Gasteiger partial charge in [0.25, 0.3) is 0 Å². The van der Waals surface area contributed by atoms with Crippen molar-refractivity contribution in [3.05, 3.63) is 48.2 Å². The number of hydrogen-bond acceptors (Lipinski definition) is 11. The van der Waals surface area contributed by atoms with Gasteiger partial charge in [-0.3, -0.25) is 4.79 Å². The number of aromatic nitrogens is 1. The smallest absolute Gasteiger partial charge is 0.407 e. The molecule has 4 heterocycles. The molecule has 5 unspecified atom stereocenters. The zero-order valence-electron chi connectivity index (χ0n) is 30.3. The molecule has 50 heavy (non-hydrogen) atoms. The summed E-state index contributed by atoms with van der Waals surface area (Å²) in [4.78, 5) is 41.7. The number of fused-ring (bicyclic) bond motifs is 4. The molecule has 3 aliphatic rings. The number of allylic oxidation sites excluding steroid dienone is 2. The molecule has 0 aliphatic carbocycles. The van der Waals surface area contributed by atoms with Gasteiger partial charge in [0.15, 0.2) is 0 Å². The molecule has 3 saturated heterocycles. The molecule has 3 aliphatic heterocycles. The number of nitrogens with one attached hydrogen (secondary N) is 1. The van der Waals surface area contributed by atoms with E-state index in [1.807, 2.05) is 6.08 Å². The van der Waals surface area contributed by atoms with E-state index in [4.69, 9.17) is 28.1 Å². The first-order valence-electron chi connectivity index (χ1n) is 18.1. The summed E-state index contributed by atoms with van der Waals surface area (Å²) in [5.41, 5.74) is 0.735. The fraction of sp³-hybridized carbons (Fsp3) is 0.684. The van der Waals surface area contributed by atoms with Crippen LogP contribution < -0.4 is 5.32 Å². The molecule has 0 radical (unpaired) electrons. The van der Waals surface area contributed by atoms with Crippen LogP contribution in [-0.4, -0.2) is 86.5 Å². The first-order valence-corrected chi connectivity index (χ1v) is 18.1. The maximum Gasteiger partial charge on any atom is 0.407 e. The van der Waals surface area contributed by atoms with Gasteiger partial charge < -0.3 is 38.2 Å². The summed E-state index contributed by atoms with van der Waals surface area (Å²) in [6, 6.07) is 0. The molecule has 1 amide bonds. The number of ether oxygens (including phenoxy) is 6. The van der Waals surface area contributed by atoms with Crippen molar-refractivity contribution in [3.63, 3.8) is 0 Å². The van der Waals surface area contributed by atoms with Crippen molar-refractivity contribution in [2.24, 2.45) is 11.8 Å². The number of methoxy groups -OCH3 is 2. The van der Waals surface area contributed by atoms with E-state index >= 15 is 0 Å². The van der Waals surface area contributed by atoms with E-state index in [1.165, 1.54) is 13.2 Å². The summed E-state index contributed by atoms with van der Waals surface area (Å²) >= 11 is 0. The predicted molar refractivity (Wildman–Crippen MR) is 186 cm³/mol. The van der Waals surface area contributed by atoms with Crippen molar-refractivity contribution in [2.45, 2.75) is 134 Å². The van der Waals surface area contributed by atoms with E-state index in [9.17, 15) is 14.4 Å². The Labute approximate surface area is 296 Å². The molecule has 0 spiro atoms. The number of aryl methyl sites for hydroxylation is 1. The van der Waals surface area contributed by atoms with Crippen molar-refractivity contribution in [1.82, 2.24) is 10.3 Å². The highest BCUT2D eigenvalue weighted by molar-refractivity contribution is 5.82. The Morgan fingerprint density at radius 2 is 1.80 bits per heavy atom. The molecule has 1 aromatic heterocycles. The lowest BCUT2D eigenvalue weighted by atomic mass is 9.86. The van der Waals surface area contributed by atoms with Crippen molar-refractivity contribution < 1.29 is 47.2 Å². The Kier molecular flexibility index (Phi) is 16.0. The molecule has 0 saturated carbocycles. The molecule has 4 rings (SSSR count). The summed E-state index contributed by atoms with van der Waals surface area (Å²) in [6.07, 6.45) is 17.2. The van der Waals surface area contributed by atoms with Gasteiger partial charge >= 0.3 is 18.0 Å². The molecule has 12 nitrogen and oxygen atoms in total. The molecule has 4 bridgehead atoms. The highest BCUT2D eigenvalue weighted by atomic mass is 16.6. The predicted octanol–water partition coefficient (Wildman–Crippen LogP) is 6.28. The third-order valence-corrected chi connectivity index (χ3v) is 9.35. The van der Waals surface area contributed by atoms with Gasteiger partial charge in [-0.2, -0.15) is 0 Å². The van der Waals surface area contributed by atoms with Crippen LogP contribution in [0.3, 0.4) is 0 Å². The van der Waals surface area contributed by atoms with E-state index in [-0.39, 0.29) is 49.5 Å². The monoisotopic (exact) mass is 700 g/mol. The molecule has 1 aromatic rings. The number of hydrogen-bond donors (Lipinski definition) is 1. The van der Waals surface area contributed by atoms with Gasteiger partial charge in [0, 0.05) is 45.4 Å². The zero-order valence-corrected chi connectivity index (χ0v) is 30.3. The van der Waals surface area contributed by atoms with Crippen LogP contribution in [0.15, 0.2) is 41.1 Å². The van der Waals surface area contributed by atoms with E-state index in [1.54, 1.807) is 31.6 Å². The Morgan fingerprint density at radius 3 is 2.58 bits per heavy atom. The quantitative estimate of drug-likeness (QED) is 0.114. The van der Waals surface area contributed by atoms with Gasteiger partial charge in [-0.1, -0.05) is 39.0 Å². The topological polar surface area (TPSA) is 145 Å². The third kappa shape index (κ3) is 13.7. The fourth-order valence-corrected chi connectivity index (χ4v) is 6.66. The summed E-state index contributed by atoms with van der Waals surface area (Å²) in [7, 11) is 3.02. The molecule has 0 aromatic carbocycles. The van der Waals surface area contributed by atoms with Crippen LogP contribution >= 0.6 is 0 Å². The van der Waals surface area contributed by atoms with Gasteiger partial charge in [-0.05, 0) is 62.5 Å². The number of cyclic esters (lactones) is 1. The number of carbonyl (C=O) groups is 3. The maximum atomic E-state index is 13.3. The van der Waals surface area contributed by atoms with E-state index in [2.05, 4.69) is 41.9 Å². The zero-order chi connectivity index (χ0) is 35.9. The largest absolute Gasteiger partial charge is 0.459 e. The molecule has 1 N–H and O–H groups in total. The van der Waals surface area contributed by atoms with Crippen LogP contribution in [0.1, 0.15) is 96.6 Å². The van der Waals surface area contributed by atoms with Crippen molar-refractivity contribution in [1.29, 1.82) is 0 Å². The standard InChI is InChI=1S/C38H56N2O10/c1-25(2)10-8-12-28-18-29-16-15-26(3)34(48-29)22-30(44-4)19-31-20-32(21-33(47-31)23-37(42)49-28)50-36(41)14-7-6-11-27-24-46-35(40-27)13-9-17-39-38(43)45-5/h7-9,12-14,24-26,28-34H,6,10-11,15-23H2,1-5H3,(H,39,43)/b12-8+,13-9-,14-7-/t26?,28-,29-,30-,31?,32?,33?,34?/m1/s1. The van der Waals surface area contributed by atoms with E-state index < -0.39 is 24.3 Å². The van der Waals surface area contributed by atoms with Gasteiger partial charge in [0.1, 0.15) is 18.5 Å². The molecule has 12 heteroatoms. The number of nitrogens with zero attached hydrogens (tertiary/aromatic N) is 1. The average Bonchev–Trinajstić information content (AvgIpc) is 3.52. The molecule has 278 valence electrons. The first kappa shape index (κ1) is 39.3. The van der Waals surface area contributed by atoms with Crippen molar-refractivity contribution in [3.8, 4) is 0 Å². The lowest BCUT2D eigenvalue weighted by Gasteiger charge is -2.40. The van der Waals surface area contributed by atoms with Gasteiger partial charge in [0.2, 0.25) is 5.89 Å². The second kappa shape index (κ2) is 20.4. The van der Waals surface area contributed by atoms with Crippen LogP contribution in [0.25, 0.3) is 6.08 Å². The maximum absolute atomic E-state index is 13.3. The molecular weight excluding hydrogens is 644 g/mol. The number of alkyl carbamates (subject to hydrolysis) is 1. The number of esters is 2. The lowest BCUT2D eigenvalue weighted by Crippen LogP contribution is -2.43. The number of rotatable bonds is 12. The molecule has 8 atom stereocenters. The Bertz CT molecular complexity index is 1310. The first-order chi connectivity index (χ1) is 24.1. The summed E-state index contributed by atoms with van der Waals surface area (Å²) in [6.45, 7) is 6.83. The Hall–Kier alpha value is -3.48. The minimum atomic E-state index is -0.517. The number of carbonyl (C=O) groups excluding carboxylic acids is 3. The molecule has 3 fully saturated rings. The van der Waals surface area contributed by atoms with Gasteiger partial charge in [-0.15, -0.1) is 0 Å². The van der Waals surface area contributed by atoms with Crippen molar-refractivity contribution >= 4 is 24.1 Å². The van der Waals surface area contributed by atoms with Crippen LogP contribution in [-0.2, 0) is 44.4 Å². The van der Waals surface area contributed by atoms with Crippen LogP contribution in [0.5, 0.6) is 0 Å². The van der Waals surface area contributed by atoms with Crippen LogP contribution in [0.4, 0.5) is 4.79 Å². The minimum absolute atomic E-state index is 0.0180. The second-order valence-corrected chi connectivity index (χ2v) is 14.0. The van der Waals surface area contributed by atoms with Crippen LogP contribution in [0, 0.1) is 11.8 Å². The lowest BCUT2D eigenvalue weighted by molar-refractivity contribution is -0.171. The summed E-state index contributed by atoms with van der Waals surface area (Å²) < 4.78 is 40.8. The van der Waals surface area contributed by atoms with E-state index in [0.717, 1.165) is 31.4 Å². The third-order valence-electron chi connectivity index (χ3n) is 9.35. The van der Waals surface area contributed by atoms with Crippen molar-refractivity contribution in [2.75, 3.05) is 20.8 Å². The fourth-order valence-electron chi connectivity index (χ4n) is 6.66. The van der Waals surface area contributed by atoms with Gasteiger partial charge in [0.05, 0.1) is 49.7 Å². The number of amides is 1. The molecular formula is C38H56N2O10. The van der Waals surface area contributed by atoms with E-state index in [0.29, 0.717) is 56.3 Å². The highest BCUT2D eigenvalue weighted by Gasteiger charge is 2.38.